The van der Waals surface area contributed by atoms with Crippen LogP contribution in [0.2, 0.25) is 0 Å². The molecule has 0 saturated carbocycles. The molecular formula is C13H12N2O4S. The highest BCUT2D eigenvalue weighted by molar-refractivity contribution is 7.09. The molecule has 0 aliphatic heterocycles. The Morgan fingerprint density at radius 3 is 2.70 bits per heavy atom. The number of hydrogen-bond acceptors (Lipinski definition) is 5. The number of thiazole rings is 1. The number of rotatable bonds is 5. The van der Waals surface area contributed by atoms with Crippen LogP contribution in [-0.2, 0) is 17.9 Å². The van der Waals surface area contributed by atoms with Crippen molar-refractivity contribution >= 4 is 23.4 Å². The first-order valence-corrected chi connectivity index (χ1v) is 6.65. The van der Waals surface area contributed by atoms with Gasteiger partial charge in [-0.3, -0.25) is 0 Å². The number of alkyl carbamates (subject to hydrolysis) is 1. The van der Waals surface area contributed by atoms with E-state index in [9.17, 15) is 9.59 Å². The third-order valence-corrected chi connectivity index (χ3v) is 3.22. The van der Waals surface area contributed by atoms with Gasteiger partial charge in [0, 0.05) is 5.38 Å². The SMILES string of the molecule is O=C(NCc1nc(C(=O)O)cs1)OCc1ccccc1. The van der Waals surface area contributed by atoms with Crippen LogP contribution in [0.1, 0.15) is 21.1 Å². The van der Waals surface area contributed by atoms with Crippen LogP contribution in [-0.4, -0.2) is 22.2 Å². The van der Waals surface area contributed by atoms with E-state index in [2.05, 4.69) is 10.3 Å². The van der Waals surface area contributed by atoms with Gasteiger partial charge in [-0.25, -0.2) is 14.6 Å². The van der Waals surface area contributed by atoms with Gasteiger partial charge in [-0.05, 0) is 5.56 Å². The van der Waals surface area contributed by atoms with Crippen LogP contribution in [0.5, 0.6) is 0 Å². The van der Waals surface area contributed by atoms with Crippen molar-refractivity contribution in [3.05, 3.63) is 52.0 Å². The van der Waals surface area contributed by atoms with E-state index in [0.29, 0.717) is 5.01 Å². The fourth-order valence-electron chi connectivity index (χ4n) is 1.41. The molecule has 0 radical (unpaired) electrons. The number of aromatic nitrogens is 1. The standard InChI is InChI=1S/C13H12N2O4S/c16-12(17)10-8-20-11(15-10)6-14-13(18)19-7-9-4-2-1-3-5-9/h1-5,8H,6-7H2,(H,14,18)(H,16,17). The van der Waals surface area contributed by atoms with Crippen LogP contribution in [0.3, 0.4) is 0 Å². The predicted molar refractivity (Wildman–Crippen MR) is 72.5 cm³/mol. The maximum atomic E-state index is 11.5. The Labute approximate surface area is 119 Å². The van der Waals surface area contributed by atoms with Crippen LogP contribution >= 0.6 is 11.3 Å². The molecule has 104 valence electrons. The number of aromatic carboxylic acids is 1. The number of carbonyl (C=O) groups is 2. The molecule has 1 aromatic heterocycles. The van der Waals surface area contributed by atoms with E-state index in [4.69, 9.17) is 9.84 Å². The zero-order chi connectivity index (χ0) is 14.4. The van der Waals surface area contributed by atoms with E-state index >= 15 is 0 Å². The van der Waals surface area contributed by atoms with Crippen molar-refractivity contribution in [3.8, 4) is 0 Å². The first kappa shape index (κ1) is 14.0. The van der Waals surface area contributed by atoms with Crippen LogP contribution in [0.4, 0.5) is 4.79 Å². The van der Waals surface area contributed by atoms with Crippen LogP contribution in [0.15, 0.2) is 35.7 Å². The summed E-state index contributed by atoms with van der Waals surface area (Å²) in [7, 11) is 0. The van der Waals surface area contributed by atoms with Gasteiger partial charge in [-0.15, -0.1) is 11.3 Å². The Kier molecular flexibility index (Phi) is 4.67. The highest BCUT2D eigenvalue weighted by Crippen LogP contribution is 2.09. The first-order chi connectivity index (χ1) is 9.65. The van der Waals surface area contributed by atoms with Crippen LogP contribution < -0.4 is 5.32 Å². The van der Waals surface area contributed by atoms with Gasteiger partial charge in [0.05, 0.1) is 6.54 Å². The maximum Gasteiger partial charge on any atom is 0.407 e. The van der Waals surface area contributed by atoms with Gasteiger partial charge in [0.25, 0.3) is 0 Å². The van der Waals surface area contributed by atoms with E-state index in [1.54, 1.807) is 0 Å². The average molecular weight is 292 g/mol. The summed E-state index contributed by atoms with van der Waals surface area (Å²) in [6, 6.07) is 9.31. The Balaban J connectivity index is 1.76. The van der Waals surface area contributed by atoms with Crippen LogP contribution in [0.25, 0.3) is 0 Å². The fourth-order valence-corrected chi connectivity index (χ4v) is 2.12. The molecule has 0 aliphatic rings. The van der Waals surface area contributed by atoms with Crippen molar-refractivity contribution in [2.75, 3.05) is 0 Å². The zero-order valence-electron chi connectivity index (χ0n) is 10.4. The third kappa shape index (κ3) is 4.06. The first-order valence-electron chi connectivity index (χ1n) is 5.77. The minimum Gasteiger partial charge on any atom is -0.476 e. The van der Waals surface area contributed by atoms with Crippen molar-refractivity contribution in [2.24, 2.45) is 0 Å². The highest BCUT2D eigenvalue weighted by atomic mass is 32.1. The number of nitrogens with one attached hydrogen (secondary N) is 1. The van der Waals surface area contributed by atoms with Crippen molar-refractivity contribution in [1.82, 2.24) is 10.3 Å². The van der Waals surface area contributed by atoms with Crippen molar-refractivity contribution in [2.45, 2.75) is 13.2 Å². The lowest BCUT2D eigenvalue weighted by molar-refractivity contribution is 0.0691. The van der Waals surface area contributed by atoms with Gasteiger partial charge in [0.2, 0.25) is 0 Å². The molecule has 1 aromatic carbocycles. The van der Waals surface area contributed by atoms with Gasteiger partial charge in [0.15, 0.2) is 5.69 Å². The molecule has 0 saturated heterocycles. The largest absolute Gasteiger partial charge is 0.476 e. The number of carboxylic acid groups (broad SMARTS) is 1. The molecule has 2 aromatic rings. The highest BCUT2D eigenvalue weighted by Gasteiger charge is 2.09. The summed E-state index contributed by atoms with van der Waals surface area (Å²) in [4.78, 5) is 26.0. The summed E-state index contributed by atoms with van der Waals surface area (Å²) in [5, 5.41) is 13.2. The number of carboxylic acids is 1. The Morgan fingerprint density at radius 2 is 2.05 bits per heavy atom. The number of hydrogen-bond donors (Lipinski definition) is 2. The number of benzene rings is 1. The molecule has 2 N–H and O–H groups in total. The molecule has 0 fully saturated rings. The lowest BCUT2D eigenvalue weighted by atomic mass is 10.2. The molecule has 0 unspecified atom stereocenters. The monoisotopic (exact) mass is 292 g/mol. The molecule has 0 atom stereocenters. The lowest BCUT2D eigenvalue weighted by Crippen LogP contribution is -2.23. The summed E-state index contributed by atoms with van der Waals surface area (Å²) >= 11 is 1.17. The van der Waals surface area contributed by atoms with Gasteiger partial charge in [-0.2, -0.15) is 0 Å². The second-order valence-corrected chi connectivity index (χ2v) is 4.79. The number of nitrogens with zero attached hydrogens (tertiary/aromatic N) is 1. The minimum absolute atomic E-state index is 0.0237. The lowest BCUT2D eigenvalue weighted by Gasteiger charge is -2.05. The second-order valence-electron chi connectivity index (χ2n) is 3.85. The summed E-state index contributed by atoms with van der Waals surface area (Å²) in [6.07, 6.45) is -0.569. The molecule has 7 heteroatoms. The second kappa shape index (κ2) is 6.67. The normalized spacial score (nSPS) is 10.0. The molecular weight excluding hydrogens is 280 g/mol. The van der Waals surface area contributed by atoms with Crippen molar-refractivity contribution in [3.63, 3.8) is 0 Å². The summed E-state index contributed by atoms with van der Waals surface area (Å²) in [6.45, 7) is 0.330. The molecule has 2 rings (SSSR count). The molecule has 6 nitrogen and oxygen atoms in total. The van der Waals surface area contributed by atoms with Gasteiger partial charge in [0.1, 0.15) is 11.6 Å². The summed E-state index contributed by atoms with van der Waals surface area (Å²) in [5.41, 5.74) is 0.870. The Bertz CT molecular complexity index is 597. The minimum atomic E-state index is -1.08. The number of carbonyl (C=O) groups excluding carboxylic acids is 1. The van der Waals surface area contributed by atoms with E-state index in [1.807, 2.05) is 30.3 Å². The maximum absolute atomic E-state index is 11.5. The molecule has 20 heavy (non-hydrogen) atoms. The van der Waals surface area contributed by atoms with E-state index in [0.717, 1.165) is 5.56 Å². The smallest absolute Gasteiger partial charge is 0.407 e. The average Bonchev–Trinajstić information content (AvgIpc) is 2.93. The fraction of sp³-hybridized carbons (Fsp3) is 0.154. The molecule has 1 heterocycles. The Morgan fingerprint density at radius 1 is 1.30 bits per heavy atom. The van der Waals surface area contributed by atoms with Gasteiger partial charge in [-0.1, -0.05) is 30.3 Å². The Hall–Kier alpha value is -2.41. The molecule has 0 spiro atoms. The van der Waals surface area contributed by atoms with Gasteiger partial charge < -0.3 is 15.2 Å². The number of amides is 1. The topological polar surface area (TPSA) is 88.5 Å². The molecule has 1 amide bonds. The number of ether oxygens (including phenoxy) is 1. The van der Waals surface area contributed by atoms with Crippen molar-refractivity contribution < 1.29 is 19.4 Å². The zero-order valence-corrected chi connectivity index (χ0v) is 11.2. The third-order valence-electron chi connectivity index (χ3n) is 2.37. The summed E-state index contributed by atoms with van der Waals surface area (Å²) < 4.78 is 5.01. The molecule has 0 bridgehead atoms. The van der Waals surface area contributed by atoms with Crippen molar-refractivity contribution in [1.29, 1.82) is 0 Å². The van der Waals surface area contributed by atoms with Crippen LogP contribution in [0, 0.1) is 0 Å². The van der Waals surface area contributed by atoms with Gasteiger partial charge >= 0.3 is 12.1 Å². The molecule has 0 aliphatic carbocycles. The van der Waals surface area contributed by atoms with E-state index in [-0.39, 0.29) is 18.8 Å². The quantitative estimate of drug-likeness (QED) is 0.882. The van der Waals surface area contributed by atoms with E-state index < -0.39 is 12.1 Å². The summed E-state index contributed by atoms with van der Waals surface area (Å²) in [5.74, 6) is -1.08. The van der Waals surface area contributed by atoms with E-state index in [1.165, 1.54) is 16.7 Å². The predicted octanol–water partition coefficient (Wildman–Crippen LogP) is 2.27.